The van der Waals surface area contributed by atoms with Crippen LogP contribution in [-0.2, 0) is 9.59 Å². The van der Waals surface area contributed by atoms with Crippen molar-refractivity contribution in [2.24, 2.45) is 0 Å². The van der Waals surface area contributed by atoms with Crippen LogP contribution in [0.1, 0.15) is 36.6 Å². The topological polar surface area (TPSA) is 83.3 Å². The molecule has 0 spiro atoms. The van der Waals surface area contributed by atoms with Gasteiger partial charge in [-0.1, -0.05) is 30.0 Å². The molecule has 0 saturated carbocycles. The minimum Gasteiger partial charge on any atom is -0.872 e. The van der Waals surface area contributed by atoms with Crippen molar-refractivity contribution in [3.8, 4) is 11.5 Å². The number of carbonyl (C=O) groups is 2. The average molecular weight is 453 g/mol. The van der Waals surface area contributed by atoms with Gasteiger partial charge in [0.2, 0.25) is 5.78 Å². The minimum absolute atomic E-state index is 0.0349. The van der Waals surface area contributed by atoms with E-state index in [0.717, 1.165) is 13.1 Å². The van der Waals surface area contributed by atoms with Crippen LogP contribution in [0.5, 0.6) is 11.5 Å². The molecule has 1 heterocycles. The lowest BCUT2D eigenvalue weighted by Crippen LogP contribution is -3.12. The number of likely N-dealkylation sites (tertiary alicyclic amines) is 1. The normalized spacial score (nSPS) is 17.6. The number of hydrogen-bond donors (Lipinski definition) is 1. The van der Waals surface area contributed by atoms with E-state index in [9.17, 15) is 14.7 Å². The highest BCUT2D eigenvalue weighted by Crippen LogP contribution is 2.42. The molecule has 0 radical (unpaired) electrons. The molecule has 1 atom stereocenters. The Morgan fingerprint density at radius 3 is 2.36 bits per heavy atom. The van der Waals surface area contributed by atoms with Gasteiger partial charge in [-0.25, -0.2) is 0 Å². The second-order valence-corrected chi connectivity index (χ2v) is 8.10. The van der Waals surface area contributed by atoms with Crippen LogP contribution in [-0.4, -0.2) is 57.0 Å². The number of benzene rings is 2. The molecule has 7 heteroatoms. The van der Waals surface area contributed by atoms with Gasteiger partial charge in [0.1, 0.15) is 11.5 Å². The lowest BCUT2D eigenvalue weighted by Gasteiger charge is -2.29. The van der Waals surface area contributed by atoms with E-state index in [1.54, 1.807) is 44.4 Å². The first kappa shape index (κ1) is 24.3. The van der Waals surface area contributed by atoms with Gasteiger partial charge in [-0.3, -0.25) is 9.59 Å². The van der Waals surface area contributed by atoms with Gasteiger partial charge in [0, 0.05) is 11.1 Å². The van der Waals surface area contributed by atoms with Gasteiger partial charge in [-0.05, 0) is 50.1 Å². The Morgan fingerprint density at radius 1 is 1.06 bits per heavy atom. The molecule has 0 aromatic heterocycles. The highest BCUT2D eigenvalue weighted by Gasteiger charge is 2.45. The summed E-state index contributed by atoms with van der Waals surface area (Å²) in [7, 11) is 3.09. The van der Waals surface area contributed by atoms with E-state index in [1.165, 1.54) is 16.9 Å². The number of Topliss-reactive ketones (excluding diaryl/α,β-unsaturated/α-hetero) is 1. The Labute approximate surface area is 195 Å². The zero-order valence-corrected chi connectivity index (χ0v) is 19.9. The van der Waals surface area contributed by atoms with E-state index in [2.05, 4.69) is 13.8 Å². The van der Waals surface area contributed by atoms with Crippen LogP contribution in [0.25, 0.3) is 5.76 Å². The lowest BCUT2D eigenvalue weighted by molar-refractivity contribution is -0.895. The largest absolute Gasteiger partial charge is 0.872 e. The minimum atomic E-state index is -0.801. The van der Waals surface area contributed by atoms with Crippen LogP contribution < -0.4 is 19.5 Å². The van der Waals surface area contributed by atoms with Crippen molar-refractivity contribution in [2.45, 2.75) is 26.8 Å². The van der Waals surface area contributed by atoms with Crippen LogP contribution in [0.3, 0.4) is 0 Å². The molecule has 7 nitrogen and oxygen atoms in total. The third-order valence-electron chi connectivity index (χ3n) is 6.35. The summed E-state index contributed by atoms with van der Waals surface area (Å²) >= 11 is 0. The number of rotatable bonds is 9. The molecule has 1 aliphatic rings. The number of nitrogens with one attached hydrogen (secondary N) is 1. The van der Waals surface area contributed by atoms with Crippen LogP contribution in [0.2, 0.25) is 0 Å². The summed E-state index contributed by atoms with van der Waals surface area (Å²) in [5.41, 5.74) is 1.65. The summed E-state index contributed by atoms with van der Waals surface area (Å²) in [6, 6.07) is 11.5. The average Bonchev–Trinajstić information content (AvgIpc) is 3.08. The van der Waals surface area contributed by atoms with Crippen molar-refractivity contribution < 1.29 is 29.1 Å². The summed E-state index contributed by atoms with van der Waals surface area (Å²) in [6.07, 6.45) is 0. The van der Waals surface area contributed by atoms with Crippen LogP contribution in [0.15, 0.2) is 48.0 Å². The molecule has 176 valence electrons. The molecule has 2 aromatic rings. The van der Waals surface area contributed by atoms with Crippen molar-refractivity contribution in [1.82, 2.24) is 4.90 Å². The lowest BCUT2D eigenvalue weighted by atomic mass is 9.93. The Kier molecular flexibility index (Phi) is 7.76. The number of quaternary nitrogens is 1. The molecule has 3 rings (SSSR count). The maximum absolute atomic E-state index is 13.7. The number of methoxy groups -OCH3 is 2. The predicted octanol–water partition coefficient (Wildman–Crippen LogP) is 1.16. The zero-order valence-electron chi connectivity index (χ0n) is 19.9. The number of amides is 1. The summed E-state index contributed by atoms with van der Waals surface area (Å²) < 4.78 is 10.8. The van der Waals surface area contributed by atoms with Crippen LogP contribution in [0, 0.1) is 6.92 Å². The summed E-state index contributed by atoms with van der Waals surface area (Å²) in [5.74, 6) is -0.690. The molecule has 1 aliphatic heterocycles. The quantitative estimate of drug-likeness (QED) is 0.351. The van der Waals surface area contributed by atoms with Crippen molar-refractivity contribution in [1.29, 1.82) is 0 Å². The van der Waals surface area contributed by atoms with E-state index in [4.69, 9.17) is 9.47 Å². The fraction of sp³-hybridized carbons (Fsp3) is 0.385. The molecule has 1 saturated heterocycles. The Hall–Kier alpha value is -3.32. The van der Waals surface area contributed by atoms with E-state index in [-0.39, 0.29) is 5.57 Å². The molecular formula is C26H32N2O5. The molecule has 0 aliphatic carbocycles. The fourth-order valence-electron chi connectivity index (χ4n) is 4.36. The molecule has 1 unspecified atom stereocenters. The number of ether oxygens (including phenoxy) is 2. The van der Waals surface area contributed by atoms with Gasteiger partial charge >= 0.3 is 0 Å². The smallest absolute Gasteiger partial charge is 0.295 e. The zero-order chi connectivity index (χ0) is 24.1. The van der Waals surface area contributed by atoms with Crippen molar-refractivity contribution in [2.75, 3.05) is 40.4 Å². The van der Waals surface area contributed by atoms with Gasteiger partial charge in [-0.15, -0.1) is 0 Å². The predicted molar refractivity (Wildman–Crippen MR) is 124 cm³/mol. The Morgan fingerprint density at radius 2 is 1.76 bits per heavy atom. The molecule has 0 bridgehead atoms. The molecule has 33 heavy (non-hydrogen) atoms. The summed E-state index contributed by atoms with van der Waals surface area (Å²) in [4.78, 5) is 29.2. The number of para-hydroxylation sites is 1. The standard InChI is InChI=1S/C26H32N2O5/c1-6-27(7-2)14-15-28-23(20-10-8-9-11-21(20)33-5)22(25(30)26(28)31)24(29)19-13-12-18(32-4)16-17(19)3/h8-13,16,23,29H,6-7,14-15H2,1-5H3. The first-order valence-electron chi connectivity index (χ1n) is 11.3. The maximum Gasteiger partial charge on any atom is 0.295 e. The van der Waals surface area contributed by atoms with Crippen LogP contribution >= 0.6 is 0 Å². The SMILES string of the molecule is CC[NH+](CC)CCN1C(=O)C(=O)C(=C([O-])c2ccc(OC)cc2C)C1c1ccccc1OC. The molecular weight excluding hydrogens is 420 g/mol. The number of carbonyl (C=O) groups excluding carboxylic acids is 2. The first-order chi connectivity index (χ1) is 15.9. The number of aryl methyl sites for hydroxylation is 1. The van der Waals surface area contributed by atoms with Crippen molar-refractivity contribution in [3.63, 3.8) is 0 Å². The summed E-state index contributed by atoms with van der Waals surface area (Å²) in [6.45, 7) is 8.82. The highest BCUT2D eigenvalue weighted by molar-refractivity contribution is 6.46. The number of nitrogens with zero attached hydrogens (tertiary/aromatic N) is 1. The monoisotopic (exact) mass is 452 g/mol. The van der Waals surface area contributed by atoms with E-state index < -0.39 is 23.5 Å². The van der Waals surface area contributed by atoms with Crippen LogP contribution in [0.4, 0.5) is 0 Å². The Balaban J connectivity index is 2.17. The van der Waals surface area contributed by atoms with Crippen molar-refractivity contribution >= 4 is 17.4 Å². The van der Waals surface area contributed by atoms with Gasteiger partial charge in [0.05, 0.1) is 46.4 Å². The molecule has 1 N–H and O–H groups in total. The maximum atomic E-state index is 13.7. The molecule has 1 amide bonds. The Bertz CT molecular complexity index is 1060. The van der Waals surface area contributed by atoms with E-state index >= 15 is 0 Å². The first-order valence-corrected chi connectivity index (χ1v) is 11.3. The summed E-state index contributed by atoms with van der Waals surface area (Å²) in [5, 5.41) is 13.7. The fourth-order valence-corrected chi connectivity index (χ4v) is 4.36. The number of ketones is 1. The highest BCUT2D eigenvalue weighted by atomic mass is 16.5. The van der Waals surface area contributed by atoms with Gasteiger partial charge in [0.25, 0.3) is 5.91 Å². The number of hydrogen-bond acceptors (Lipinski definition) is 5. The van der Waals surface area contributed by atoms with E-state index in [0.29, 0.717) is 41.3 Å². The van der Waals surface area contributed by atoms with E-state index in [1.807, 2.05) is 12.1 Å². The molecule has 1 fully saturated rings. The third-order valence-corrected chi connectivity index (χ3v) is 6.35. The van der Waals surface area contributed by atoms with Gasteiger partial charge in [0.15, 0.2) is 0 Å². The van der Waals surface area contributed by atoms with Gasteiger partial charge < -0.3 is 24.4 Å². The number of likely N-dealkylation sites (N-methyl/N-ethyl adjacent to an activating group) is 1. The molecule has 2 aromatic carbocycles. The second-order valence-electron chi connectivity index (χ2n) is 8.10. The van der Waals surface area contributed by atoms with Gasteiger partial charge in [-0.2, -0.15) is 0 Å². The third kappa shape index (κ3) is 4.73. The second kappa shape index (κ2) is 10.5. The van der Waals surface area contributed by atoms with Crippen molar-refractivity contribution in [3.05, 3.63) is 64.7 Å².